The monoisotopic (exact) mass is 456 g/mol. The summed E-state index contributed by atoms with van der Waals surface area (Å²) in [5.74, 6) is -2.38. The van der Waals surface area contributed by atoms with Gasteiger partial charge in [-0.3, -0.25) is 9.48 Å². The topological polar surface area (TPSA) is 88.9 Å². The Balaban J connectivity index is 2.07. The smallest absolute Gasteiger partial charge is 0.452 e. The molecule has 0 aliphatic carbocycles. The van der Waals surface area contributed by atoms with Crippen molar-refractivity contribution >= 4 is 11.9 Å². The van der Waals surface area contributed by atoms with Crippen molar-refractivity contribution in [2.75, 3.05) is 13.2 Å². The first kappa shape index (κ1) is 24.8. The first-order valence-electron chi connectivity index (χ1n) is 9.66. The molecule has 0 saturated carbocycles. The maximum absolute atomic E-state index is 12.8. The SMILES string of the molecule is CCOC(=O)C(OC(C)=O)c1cnn(Cc2ccc(O/C=C(\OCC)C(F)(F)F)cc2)c1. The first-order chi connectivity index (χ1) is 15.1. The van der Waals surface area contributed by atoms with Crippen LogP contribution in [0.1, 0.15) is 38.0 Å². The predicted octanol–water partition coefficient (Wildman–Crippen LogP) is 3.92. The lowest BCUT2D eigenvalue weighted by Crippen LogP contribution is -2.20. The Labute approximate surface area is 182 Å². The van der Waals surface area contributed by atoms with E-state index in [0.717, 1.165) is 5.56 Å². The molecular weight excluding hydrogens is 433 g/mol. The van der Waals surface area contributed by atoms with Crippen LogP contribution in [-0.4, -0.2) is 41.1 Å². The molecule has 0 aliphatic heterocycles. The Morgan fingerprint density at radius 1 is 1.12 bits per heavy atom. The van der Waals surface area contributed by atoms with Gasteiger partial charge in [0.25, 0.3) is 0 Å². The molecule has 0 aliphatic rings. The van der Waals surface area contributed by atoms with Crippen molar-refractivity contribution in [3.8, 4) is 5.75 Å². The van der Waals surface area contributed by atoms with Gasteiger partial charge >= 0.3 is 18.1 Å². The third-order valence-electron chi connectivity index (χ3n) is 3.89. The summed E-state index contributed by atoms with van der Waals surface area (Å²) in [6.07, 6.45) is -2.43. The number of esters is 2. The Morgan fingerprint density at radius 3 is 2.34 bits per heavy atom. The van der Waals surface area contributed by atoms with E-state index >= 15 is 0 Å². The zero-order valence-corrected chi connectivity index (χ0v) is 17.7. The summed E-state index contributed by atoms with van der Waals surface area (Å²) < 4.78 is 59.5. The number of nitrogens with zero attached hydrogens (tertiary/aromatic N) is 2. The van der Waals surface area contributed by atoms with Crippen LogP contribution in [-0.2, 0) is 30.3 Å². The molecule has 0 radical (unpaired) electrons. The number of alkyl halides is 3. The number of carbonyl (C=O) groups excluding carboxylic acids is 2. The van der Waals surface area contributed by atoms with E-state index in [2.05, 4.69) is 9.84 Å². The summed E-state index contributed by atoms with van der Waals surface area (Å²) in [5.41, 5.74) is 1.11. The number of hydrogen-bond acceptors (Lipinski definition) is 7. The van der Waals surface area contributed by atoms with Crippen LogP contribution in [0.4, 0.5) is 13.2 Å². The maximum Gasteiger partial charge on any atom is 0.452 e. The van der Waals surface area contributed by atoms with E-state index in [9.17, 15) is 22.8 Å². The molecule has 2 rings (SSSR count). The van der Waals surface area contributed by atoms with Crippen molar-refractivity contribution in [2.24, 2.45) is 0 Å². The van der Waals surface area contributed by atoms with Crippen molar-refractivity contribution in [1.29, 1.82) is 0 Å². The molecule has 11 heteroatoms. The van der Waals surface area contributed by atoms with Crippen molar-refractivity contribution < 1.29 is 41.7 Å². The van der Waals surface area contributed by atoms with Gasteiger partial charge in [-0.2, -0.15) is 18.3 Å². The second-order valence-electron chi connectivity index (χ2n) is 6.39. The fourth-order valence-corrected chi connectivity index (χ4v) is 2.56. The number of ether oxygens (including phenoxy) is 4. The maximum atomic E-state index is 12.8. The van der Waals surface area contributed by atoms with Crippen LogP contribution in [0.5, 0.6) is 5.75 Å². The molecule has 174 valence electrons. The number of aromatic nitrogens is 2. The van der Waals surface area contributed by atoms with Crippen LogP contribution in [0.2, 0.25) is 0 Å². The van der Waals surface area contributed by atoms with Gasteiger partial charge in [-0.25, -0.2) is 4.79 Å². The Hall–Kier alpha value is -3.50. The summed E-state index contributed by atoms with van der Waals surface area (Å²) in [4.78, 5) is 23.4. The quantitative estimate of drug-likeness (QED) is 0.396. The van der Waals surface area contributed by atoms with E-state index in [-0.39, 0.29) is 19.0 Å². The fourth-order valence-electron chi connectivity index (χ4n) is 2.56. The molecule has 0 spiro atoms. The molecule has 2 aromatic rings. The van der Waals surface area contributed by atoms with Crippen molar-refractivity contribution in [3.63, 3.8) is 0 Å². The highest BCUT2D eigenvalue weighted by atomic mass is 19.4. The van der Waals surface area contributed by atoms with Crippen molar-refractivity contribution in [1.82, 2.24) is 9.78 Å². The highest BCUT2D eigenvalue weighted by Crippen LogP contribution is 2.27. The number of benzene rings is 1. The second kappa shape index (κ2) is 11.2. The molecule has 0 bridgehead atoms. The zero-order valence-electron chi connectivity index (χ0n) is 17.7. The van der Waals surface area contributed by atoms with Crippen LogP contribution in [0.15, 0.2) is 48.7 Å². The molecule has 0 saturated heterocycles. The lowest BCUT2D eigenvalue weighted by molar-refractivity contribution is -0.167. The van der Waals surface area contributed by atoms with Gasteiger partial charge in [0.2, 0.25) is 11.9 Å². The van der Waals surface area contributed by atoms with E-state index in [1.165, 1.54) is 43.1 Å². The van der Waals surface area contributed by atoms with Gasteiger partial charge in [-0.1, -0.05) is 12.1 Å². The molecule has 1 unspecified atom stereocenters. The van der Waals surface area contributed by atoms with Gasteiger partial charge in [0, 0.05) is 18.7 Å². The minimum Gasteiger partial charge on any atom is -0.487 e. The summed E-state index contributed by atoms with van der Waals surface area (Å²) in [6.45, 7) is 4.53. The fraction of sp³-hybridized carbons (Fsp3) is 0.381. The van der Waals surface area contributed by atoms with Crippen LogP contribution >= 0.6 is 0 Å². The molecule has 1 aromatic heterocycles. The first-order valence-corrected chi connectivity index (χ1v) is 9.66. The summed E-state index contributed by atoms with van der Waals surface area (Å²) in [6, 6.07) is 6.29. The number of halogens is 3. The third kappa shape index (κ3) is 7.33. The molecule has 0 amide bonds. The van der Waals surface area contributed by atoms with E-state index in [1.807, 2.05) is 0 Å². The summed E-state index contributed by atoms with van der Waals surface area (Å²) in [5, 5.41) is 4.15. The van der Waals surface area contributed by atoms with E-state index < -0.39 is 30.0 Å². The van der Waals surface area contributed by atoms with Gasteiger partial charge in [-0.15, -0.1) is 0 Å². The van der Waals surface area contributed by atoms with Gasteiger partial charge in [-0.05, 0) is 31.5 Å². The average Bonchev–Trinajstić information content (AvgIpc) is 3.17. The molecule has 8 nitrogen and oxygen atoms in total. The van der Waals surface area contributed by atoms with E-state index in [0.29, 0.717) is 18.4 Å². The molecule has 1 atom stereocenters. The van der Waals surface area contributed by atoms with Gasteiger partial charge in [0.05, 0.1) is 26.0 Å². The van der Waals surface area contributed by atoms with Gasteiger partial charge < -0.3 is 18.9 Å². The average molecular weight is 456 g/mol. The van der Waals surface area contributed by atoms with Crippen LogP contribution in [0.25, 0.3) is 0 Å². The number of allylic oxidation sites excluding steroid dienone is 1. The minimum atomic E-state index is -4.65. The van der Waals surface area contributed by atoms with Gasteiger partial charge in [0.15, 0.2) is 0 Å². The molecule has 0 fully saturated rings. The van der Waals surface area contributed by atoms with Crippen LogP contribution in [0, 0.1) is 0 Å². The highest BCUT2D eigenvalue weighted by molar-refractivity contribution is 5.79. The summed E-state index contributed by atoms with van der Waals surface area (Å²) in [7, 11) is 0. The van der Waals surface area contributed by atoms with Crippen molar-refractivity contribution in [2.45, 2.75) is 39.6 Å². The normalized spacial score (nSPS) is 12.8. The molecule has 32 heavy (non-hydrogen) atoms. The number of rotatable bonds is 10. The van der Waals surface area contributed by atoms with Gasteiger partial charge in [0.1, 0.15) is 12.0 Å². The lowest BCUT2D eigenvalue weighted by Gasteiger charge is -2.13. The van der Waals surface area contributed by atoms with Crippen LogP contribution < -0.4 is 4.74 Å². The lowest BCUT2D eigenvalue weighted by atomic mass is 10.2. The second-order valence-corrected chi connectivity index (χ2v) is 6.39. The van der Waals surface area contributed by atoms with Crippen molar-refractivity contribution in [3.05, 3.63) is 59.8 Å². The molecule has 1 aromatic carbocycles. The van der Waals surface area contributed by atoms with Crippen LogP contribution in [0.3, 0.4) is 0 Å². The Kier molecular flexibility index (Phi) is 8.68. The zero-order chi connectivity index (χ0) is 23.7. The molecular formula is C21H23F3N2O6. The predicted molar refractivity (Wildman–Crippen MR) is 105 cm³/mol. The standard InChI is InChI=1S/C21H23F3N2O6/c1-4-29-18(21(22,23)24)13-31-17-8-6-15(7-9-17)11-26-12-16(10-25-26)19(32-14(3)27)20(28)30-5-2/h6-10,12-13,19H,4-5,11H2,1-3H3/b18-13-. The third-order valence-corrected chi connectivity index (χ3v) is 3.89. The Bertz CT molecular complexity index is 938. The largest absolute Gasteiger partial charge is 0.487 e. The van der Waals surface area contributed by atoms with E-state index in [1.54, 1.807) is 19.1 Å². The summed E-state index contributed by atoms with van der Waals surface area (Å²) >= 11 is 0. The number of hydrogen-bond donors (Lipinski definition) is 0. The number of carbonyl (C=O) groups is 2. The van der Waals surface area contributed by atoms with E-state index in [4.69, 9.17) is 14.2 Å². The molecule has 1 heterocycles. The Morgan fingerprint density at radius 2 is 1.78 bits per heavy atom. The molecule has 0 N–H and O–H groups in total. The minimum absolute atomic E-state index is 0.128. The highest BCUT2D eigenvalue weighted by Gasteiger charge is 2.36.